The fraction of sp³-hybridized carbons (Fsp3) is 0.229. The lowest BCUT2D eigenvalue weighted by atomic mass is 9.96. The summed E-state index contributed by atoms with van der Waals surface area (Å²) >= 11 is 5.90. The number of thiocarbonyl (C=S) groups is 1. The predicted octanol–water partition coefficient (Wildman–Crippen LogP) is 7.26. The van der Waals surface area contributed by atoms with Crippen LogP contribution in [0.3, 0.4) is 0 Å². The van der Waals surface area contributed by atoms with Crippen molar-refractivity contribution >= 4 is 39.7 Å². The summed E-state index contributed by atoms with van der Waals surface area (Å²) < 4.78 is 2.32. The summed E-state index contributed by atoms with van der Waals surface area (Å²) in [5, 5.41) is 9.42. The Bertz CT molecular complexity index is 1770. The first kappa shape index (κ1) is 27.7. The molecule has 1 saturated heterocycles. The molecule has 3 heterocycles. The molecule has 42 heavy (non-hydrogen) atoms. The molecule has 1 fully saturated rings. The van der Waals surface area contributed by atoms with Crippen molar-refractivity contribution in [2.75, 3.05) is 11.9 Å². The number of fused-ring (bicyclic) bond motifs is 1. The number of anilines is 1. The van der Waals surface area contributed by atoms with E-state index < -0.39 is 0 Å². The Kier molecular flexibility index (Phi) is 7.52. The standard InChI is InChI=1S/C35H35N5OS/c1-22-18-23(2)20-27(19-22)40-24(3)21-29(25(40)4)34-33(31-13-7-8-16-36-31)38-35(42)39(34)17-15-32(41)37-30-14-9-11-26-10-5-6-12-28(26)30/h5-14,16,18-21,33-34H,15,17H2,1-4H3,(H,37,41)(H,38,42). The molecule has 1 aliphatic heterocycles. The van der Waals surface area contributed by atoms with Crippen LogP contribution in [-0.2, 0) is 4.79 Å². The van der Waals surface area contributed by atoms with Crippen molar-refractivity contribution in [3.63, 3.8) is 0 Å². The molecular weight excluding hydrogens is 538 g/mol. The highest BCUT2D eigenvalue weighted by Gasteiger charge is 2.41. The van der Waals surface area contributed by atoms with Crippen molar-refractivity contribution in [3.8, 4) is 5.69 Å². The van der Waals surface area contributed by atoms with Gasteiger partial charge < -0.3 is 20.1 Å². The molecule has 1 aliphatic rings. The number of hydrogen-bond acceptors (Lipinski definition) is 3. The van der Waals surface area contributed by atoms with Gasteiger partial charge in [0.2, 0.25) is 5.91 Å². The zero-order chi connectivity index (χ0) is 29.4. The molecule has 5 aromatic rings. The van der Waals surface area contributed by atoms with E-state index in [0.29, 0.717) is 18.1 Å². The van der Waals surface area contributed by atoms with Gasteiger partial charge in [-0.3, -0.25) is 9.78 Å². The van der Waals surface area contributed by atoms with E-state index in [4.69, 9.17) is 17.2 Å². The maximum atomic E-state index is 13.3. The minimum atomic E-state index is -0.145. The van der Waals surface area contributed by atoms with Crippen molar-refractivity contribution in [3.05, 3.63) is 125 Å². The molecule has 2 aromatic heterocycles. The average molecular weight is 574 g/mol. The van der Waals surface area contributed by atoms with Gasteiger partial charge >= 0.3 is 0 Å². The van der Waals surface area contributed by atoms with E-state index in [-0.39, 0.29) is 18.0 Å². The molecule has 0 spiro atoms. The summed E-state index contributed by atoms with van der Waals surface area (Å²) in [6.07, 6.45) is 2.11. The van der Waals surface area contributed by atoms with Crippen LogP contribution in [0.25, 0.3) is 16.5 Å². The second-order valence-corrected chi connectivity index (χ2v) is 11.5. The van der Waals surface area contributed by atoms with Gasteiger partial charge in [-0.25, -0.2) is 0 Å². The number of aromatic nitrogens is 2. The van der Waals surface area contributed by atoms with Crippen LogP contribution >= 0.6 is 12.2 Å². The van der Waals surface area contributed by atoms with Gasteiger partial charge in [-0.05, 0) is 98.4 Å². The van der Waals surface area contributed by atoms with Crippen LogP contribution in [0.5, 0.6) is 0 Å². The Balaban J connectivity index is 1.32. The normalized spacial score (nSPS) is 16.6. The lowest BCUT2D eigenvalue weighted by molar-refractivity contribution is -0.116. The van der Waals surface area contributed by atoms with Gasteiger partial charge in [0.1, 0.15) is 0 Å². The van der Waals surface area contributed by atoms with E-state index in [1.54, 1.807) is 0 Å². The number of rotatable bonds is 7. The highest BCUT2D eigenvalue weighted by Crippen LogP contribution is 2.41. The maximum absolute atomic E-state index is 13.3. The third-order valence-corrected chi connectivity index (χ3v) is 8.45. The van der Waals surface area contributed by atoms with Gasteiger partial charge in [0.15, 0.2) is 5.11 Å². The molecule has 0 radical (unpaired) electrons. The van der Waals surface area contributed by atoms with Crippen LogP contribution in [0.4, 0.5) is 5.69 Å². The summed E-state index contributed by atoms with van der Waals surface area (Å²) in [6.45, 7) is 9.05. The summed E-state index contributed by atoms with van der Waals surface area (Å²) in [6, 6.07) is 28.6. The zero-order valence-electron chi connectivity index (χ0n) is 24.4. The van der Waals surface area contributed by atoms with Crippen molar-refractivity contribution < 1.29 is 4.79 Å². The van der Waals surface area contributed by atoms with Crippen LogP contribution in [0.2, 0.25) is 0 Å². The van der Waals surface area contributed by atoms with E-state index in [9.17, 15) is 4.79 Å². The van der Waals surface area contributed by atoms with Gasteiger partial charge in [-0.2, -0.15) is 0 Å². The smallest absolute Gasteiger partial charge is 0.226 e. The van der Waals surface area contributed by atoms with Crippen molar-refractivity contribution in [2.24, 2.45) is 0 Å². The Morgan fingerprint density at radius 3 is 2.43 bits per heavy atom. The van der Waals surface area contributed by atoms with Crippen LogP contribution in [0, 0.1) is 27.7 Å². The molecule has 2 unspecified atom stereocenters. The molecule has 2 N–H and O–H groups in total. The minimum Gasteiger partial charge on any atom is -0.352 e. The number of aryl methyl sites for hydroxylation is 3. The fourth-order valence-electron chi connectivity index (χ4n) is 6.32. The van der Waals surface area contributed by atoms with Gasteiger partial charge in [0.25, 0.3) is 0 Å². The van der Waals surface area contributed by atoms with Gasteiger partial charge in [-0.1, -0.05) is 48.5 Å². The topological polar surface area (TPSA) is 62.2 Å². The van der Waals surface area contributed by atoms with Gasteiger partial charge in [0.05, 0.1) is 17.8 Å². The number of nitrogens with zero attached hydrogens (tertiary/aromatic N) is 3. The Morgan fingerprint density at radius 2 is 1.67 bits per heavy atom. The molecule has 212 valence electrons. The van der Waals surface area contributed by atoms with Crippen molar-refractivity contribution in [1.29, 1.82) is 0 Å². The number of nitrogens with one attached hydrogen (secondary N) is 2. The molecule has 7 heteroatoms. The maximum Gasteiger partial charge on any atom is 0.226 e. The third-order valence-electron chi connectivity index (χ3n) is 8.09. The first-order chi connectivity index (χ1) is 20.3. The largest absolute Gasteiger partial charge is 0.352 e. The second kappa shape index (κ2) is 11.4. The Morgan fingerprint density at radius 1 is 0.929 bits per heavy atom. The second-order valence-electron chi connectivity index (χ2n) is 11.2. The summed E-state index contributed by atoms with van der Waals surface area (Å²) in [7, 11) is 0. The lowest BCUT2D eigenvalue weighted by Crippen LogP contribution is -2.33. The quantitative estimate of drug-likeness (QED) is 0.201. The zero-order valence-corrected chi connectivity index (χ0v) is 25.2. The van der Waals surface area contributed by atoms with E-state index in [1.807, 2.05) is 54.7 Å². The lowest BCUT2D eigenvalue weighted by Gasteiger charge is -2.28. The summed E-state index contributed by atoms with van der Waals surface area (Å²) in [5.41, 5.74) is 8.82. The SMILES string of the molecule is Cc1cc(C)cc(-n2c(C)cc(C3C(c4ccccn4)NC(=S)N3CCC(=O)Nc3cccc4ccccc34)c2C)c1. The summed E-state index contributed by atoms with van der Waals surface area (Å²) in [4.78, 5) is 20.1. The van der Waals surface area contributed by atoms with Crippen LogP contribution in [0.15, 0.2) is 91.1 Å². The highest BCUT2D eigenvalue weighted by atomic mass is 32.1. The van der Waals surface area contributed by atoms with Gasteiger partial charge in [0, 0.05) is 47.3 Å². The first-order valence-corrected chi connectivity index (χ1v) is 14.7. The molecule has 1 amide bonds. The number of benzene rings is 3. The minimum absolute atomic E-state index is 0.0464. The van der Waals surface area contributed by atoms with Gasteiger partial charge in [-0.15, -0.1) is 0 Å². The molecule has 3 aromatic carbocycles. The number of carbonyl (C=O) groups excluding carboxylic acids is 1. The molecule has 2 atom stereocenters. The number of amides is 1. The molecule has 0 aliphatic carbocycles. The first-order valence-electron chi connectivity index (χ1n) is 14.3. The number of carbonyl (C=O) groups is 1. The molecular formula is C35H35N5OS. The van der Waals surface area contributed by atoms with Crippen molar-refractivity contribution in [2.45, 2.75) is 46.2 Å². The molecule has 0 saturated carbocycles. The molecule has 6 rings (SSSR count). The summed E-state index contributed by atoms with van der Waals surface area (Å²) in [5.74, 6) is -0.0464. The number of pyridine rings is 1. The predicted molar refractivity (Wildman–Crippen MR) is 174 cm³/mol. The van der Waals surface area contributed by atoms with E-state index in [1.165, 1.54) is 16.7 Å². The Labute approximate surface area is 252 Å². The van der Waals surface area contributed by atoms with E-state index >= 15 is 0 Å². The van der Waals surface area contributed by atoms with E-state index in [2.05, 4.69) is 84.2 Å². The van der Waals surface area contributed by atoms with Crippen LogP contribution in [-0.4, -0.2) is 32.0 Å². The molecule has 0 bridgehead atoms. The number of hydrogen-bond donors (Lipinski definition) is 2. The average Bonchev–Trinajstić information content (AvgIpc) is 3.46. The monoisotopic (exact) mass is 573 g/mol. The highest BCUT2D eigenvalue weighted by molar-refractivity contribution is 7.80. The van der Waals surface area contributed by atoms with Crippen LogP contribution in [0.1, 0.15) is 52.3 Å². The van der Waals surface area contributed by atoms with Crippen molar-refractivity contribution in [1.82, 2.24) is 19.8 Å². The van der Waals surface area contributed by atoms with Crippen LogP contribution < -0.4 is 10.6 Å². The van der Waals surface area contributed by atoms with E-state index in [0.717, 1.165) is 39.2 Å². The molecule has 6 nitrogen and oxygen atoms in total. The fourth-order valence-corrected chi connectivity index (χ4v) is 6.65. The third kappa shape index (κ3) is 5.28. The Hall–Kier alpha value is -4.49.